The van der Waals surface area contributed by atoms with Crippen LogP contribution in [-0.2, 0) is 11.8 Å². The lowest BCUT2D eigenvalue weighted by molar-refractivity contribution is -0.134. The summed E-state index contributed by atoms with van der Waals surface area (Å²) < 4.78 is 15.0. The molecule has 6 nitrogen and oxygen atoms in total. The first kappa shape index (κ1) is 18.5. The molecule has 3 unspecified atom stereocenters. The van der Waals surface area contributed by atoms with Crippen molar-refractivity contribution >= 4 is 5.91 Å². The summed E-state index contributed by atoms with van der Waals surface area (Å²) in [6, 6.07) is 6.03. The first-order chi connectivity index (χ1) is 12.4. The Kier molecular flexibility index (Phi) is 5.38. The Hall–Kier alpha value is -2.25. The van der Waals surface area contributed by atoms with Crippen molar-refractivity contribution in [3.63, 3.8) is 0 Å². The number of benzene rings is 1. The molecule has 1 fully saturated rings. The topological polar surface area (TPSA) is 62.2 Å². The van der Waals surface area contributed by atoms with Crippen LogP contribution in [-0.4, -0.2) is 33.7 Å². The van der Waals surface area contributed by atoms with Crippen LogP contribution in [0.3, 0.4) is 0 Å². The molecule has 1 aromatic heterocycles. The molecule has 0 bridgehead atoms. The zero-order valence-corrected chi connectivity index (χ0v) is 15.7. The highest BCUT2D eigenvalue weighted by molar-refractivity contribution is 5.82. The summed E-state index contributed by atoms with van der Waals surface area (Å²) in [7, 11) is 3.70. The Morgan fingerprint density at radius 2 is 2.08 bits per heavy atom. The molecule has 0 saturated carbocycles. The standard InChI is InChI=1S/C19H26FN5O/c1-5-18(13-6-8-14(20)9-7-13)25(4)19(26)17-10-16(21-22-17)15-11-24(3)23-12(15)2/h6-9,11,16-18,21-22H,5,10H2,1-4H3. The van der Waals surface area contributed by atoms with Gasteiger partial charge in [-0.2, -0.15) is 5.10 Å². The summed E-state index contributed by atoms with van der Waals surface area (Å²) in [5.41, 5.74) is 9.34. The molecule has 140 valence electrons. The highest BCUT2D eigenvalue weighted by atomic mass is 19.1. The maximum Gasteiger partial charge on any atom is 0.241 e. The molecule has 1 aliphatic heterocycles. The van der Waals surface area contributed by atoms with Crippen molar-refractivity contribution in [2.45, 2.75) is 44.8 Å². The number of amides is 1. The number of hydrazine groups is 1. The number of likely N-dealkylation sites (N-methyl/N-ethyl adjacent to an activating group) is 1. The normalized spacial score (nSPS) is 21.0. The zero-order chi connectivity index (χ0) is 18.8. The van der Waals surface area contributed by atoms with E-state index in [1.807, 2.05) is 34.1 Å². The van der Waals surface area contributed by atoms with Crippen molar-refractivity contribution in [3.8, 4) is 0 Å². The molecule has 0 spiro atoms. The van der Waals surface area contributed by atoms with E-state index in [9.17, 15) is 9.18 Å². The van der Waals surface area contributed by atoms with Crippen LogP contribution in [0, 0.1) is 12.7 Å². The highest BCUT2D eigenvalue weighted by Crippen LogP contribution is 2.28. The van der Waals surface area contributed by atoms with Gasteiger partial charge >= 0.3 is 0 Å². The third kappa shape index (κ3) is 3.64. The van der Waals surface area contributed by atoms with Crippen LogP contribution in [0.15, 0.2) is 30.5 Å². The van der Waals surface area contributed by atoms with Crippen LogP contribution in [0.5, 0.6) is 0 Å². The molecule has 0 aliphatic carbocycles. The van der Waals surface area contributed by atoms with Gasteiger partial charge in [0.15, 0.2) is 0 Å². The number of carbonyl (C=O) groups excluding carboxylic acids is 1. The average Bonchev–Trinajstić information content (AvgIpc) is 3.22. The molecular weight excluding hydrogens is 333 g/mol. The fraction of sp³-hybridized carbons (Fsp3) is 0.474. The molecule has 2 heterocycles. The van der Waals surface area contributed by atoms with Gasteiger partial charge in [-0.05, 0) is 37.5 Å². The van der Waals surface area contributed by atoms with Gasteiger partial charge in [-0.1, -0.05) is 19.1 Å². The third-order valence-corrected chi connectivity index (χ3v) is 5.08. The van der Waals surface area contributed by atoms with Gasteiger partial charge in [0, 0.05) is 25.9 Å². The van der Waals surface area contributed by atoms with Gasteiger partial charge in [-0.3, -0.25) is 9.48 Å². The SMILES string of the molecule is CCC(c1ccc(F)cc1)N(C)C(=O)C1CC(c2cn(C)nc2C)NN1. The molecule has 2 N–H and O–H groups in total. The Labute approximate surface area is 153 Å². The van der Waals surface area contributed by atoms with E-state index in [0.29, 0.717) is 6.42 Å². The average molecular weight is 359 g/mol. The van der Waals surface area contributed by atoms with Crippen molar-refractivity contribution in [2.75, 3.05) is 7.05 Å². The van der Waals surface area contributed by atoms with Gasteiger partial charge in [-0.15, -0.1) is 0 Å². The van der Waals surface area contributed by atoms with E-state index in [0.717, 1.165) is 23.2 Å². The van der Waals surface area contributed by atoms with Crippen molar-refractivity contribution < 1.29 is 9.18 Å². The number of aryl methyl sites for hydroxylation is 2. The first-order valence-electron chi connectivity index (χ1n) is 8.94. The van der Waals surface area contributed by atoms with Gasteiger partial charge in [0.05, 0.1) is 17.8 Å². The monoisotopic (exact) mass is 359 g/mol. The molecule has 1 amide bonds. The molecule has 7 heteroatoms. The molecule has 3 rings (SSSR count). The molecule has 3 atom stereocenters. The number of hydrogen-bond donors (Lipinski definition) is 2. The maximum absolute atomic E-state index is 13.2. The molecule has 0 radical (unpaired) electrons. The van der Waals surface area contributed by atoms with Crippen LogP contribution >= 0.6 is 0 Å². The number of carbonyl (C=O) groups is 1. The molecular formula is C19H26FN5O. The minimum atomic E-state index is -0.306. The second-order valence-electron chi connectivity index (χ2n) is 6.90. The number of nitrogens with zero attached hydrogens (tertiary/aromatic N) is 3. The number of rotatable bonds is 5. The summed E-state index contributed by atoms with van der Waals surface area (Å²) in [6.45, 7) is 4.00. The lowest BCUT2D eigenvalue weighted by Gasteiger charge is -2.30. The smallest absolute Gasteiger partial charge is 0.241 e. The van der Waals surface area contributed by atoms with Crippen molar-refractivity contribution in [2.24, 2.45) is 7.05 Å². The van der Waals surface area contributed by atoms with E-state index >= 15 is 0 Å². The molecule has 26 heavy (non-hydrogen) atoms. The fourth-order valence-electron chi connectivity index (χ4n) is 3.70. The number of aromatic nitrogens is 2. The van der Waals surface area contributed by atoms with E-state index < -0.39 is 0 Å². The highest BCUT2D eigenvalue weighted by Gasteiger charge is 2.35. The van der Waals surface area contributed by atoms with E-state index in [1.165, 1.54) is 12.1 Å². The second kappa shape index (κ2) is 7.55. The zero-order valence-electron chi connectivity index (χ0n) is 15.7. The molecule has 2 aromatic rings. The fourth-order valence-corrected chi connectivity index (χ4v) is 3.70. The van der Waals surface area contributed by atoms with Crippen LogP contribution in [0.1, 0.15) is 48.7 Å². The van der Waals surface area contributed by atoms with Gasteiger partial charge in [0.2, 0.25) is 5.91 Å². The van der Waals surface area contributed by atoms with E-state index in [2.05, 4.69) is 16.0 Å². The Morgan fingerprint density at radius 1 is 1.38 bits per heavy atom. The summed E-state index contributed by atoms with van der Waals surface area (Å²) in [5.74, 6) is -0.244. The second-order valence-corrected chi connectivity index (χ2v) is 6.90. The number of nitrogens with one attached hydrogen (secondary N) is 2. The minimum absolute atomic E-state index is 0.0257. The molecule has 1 aliphatic rings. The lowest BCUT2D eigenvalue weighted by Crippen LogP contribution is -2.45. The van der Waals surface area contributed by atoms with Crippen LogP contribution < -0.4 is 10.9 Å². The number of hydrogen-bond acceptors (Lipinski definition) is 4. The summed E-state index contributed by atoms with van der Waals surface area (Å²) in [5, 5.41) is 4.37. The van der Waals surface area contributed by atoms with Crippen LogP contribution in [0.2, 0.25) is 0 Å². The van der Waals surface area contributed by atoms with Crippen molar-refractivity contribution in [3.05, 3.63) is 53.1 Å². The van der Waals surface area contributed by atoms with Crippen molar-refractivity contribution in [1.29, 1.82) is 0 Å². The Balaban J connectivity index is 1.70. The van der Waals surface area contributed by atoms with Crippen LogP contribution in [0.4, 0.5) is 4.39 Å². The molecule has 1 aromatic carbocycles. The quantitative estimate of drug-likeness (QED) is 0.861. The molecule has 1 saturated heterocycles. The summed E-state index contributed by atoms with van der Waals surface area (Å²) in [6.07, 6.45) is 3.41. The summed E-state index contributed by atoms with van der Waals surface area (Å²) >= 11 is 0. The van der Waals surface area contributed by atoms with Gasteiger partial charge in [0.1, 0.15) is 11.9 Å². The Bertz CT molecular complexity index is 773. The first-order valence-corrected chi connectivity index (χ1v) is 8.94. The largest absolute Gasteiger partial charge is 0.337 e. The maximum atomic E-state index is 13.2. The summed E-state index contributed by atoms with van der Waals surface area (Å²) in [4.78, 5) is 14.7. The van der Waals surface area contributed by atoms with E-state index in [4.69, 9.17) is 0 Å². The van der Waals surface area contributed by atoms with Gasteiger partial charge in [-0.25, -0.2) is 15.2 Å². The van der Waals surface area contributed by atoms with Gasteiger partial charge in [0.25, 0.3) is 0 Å². The predicted octanol–water partition coefficient (Wildman–Crippen LogP) is 2.38. The predicted molar refractivity (Wildman–Crippen MR) is 97.6 cm³/mol. The van der Waals surface area contributed by atoms with E-state index in [-0.39, 0.29) is 29.8 Å². The van der Waals surface area contributed by atoms with Crippen molar-refractivity contribution in [1.82, 2.24) is 25.5 Å². The van der Waals surface area contributed by atoms with E-state index in [1.54, 1.807) is 21.7 Å². The lowest BCUT2D eigenvalue weighted by atomic mass is 9.99. The third-order valence-electron chi connectivity index (χ3n) is 5.08. The van der Waals surface area contributed by atoms with Gasteiger partial charge < -0.3 is 4.90 Å². The minimum Gasteiger partial charge on any atom is -0.337 e. The number of halogens is 1. The Morgan fingerprint density at radius 3 is 2.65 bits per heavy atom. The van der Waals surface area contributed by atoms with Crippen LogP contribution in [0.25, 0.3) is 0 Å².